The van der Waals surface area contributed by atoms with E-state index >= 15 is 0 Å². The molecule has 1 fully saturated rings. The van der Waals surface area contributed by atoms with Gasteiger partial charge in [0.2, 0.25) is 5.43 Å². The van der Waals surface area contributed by atoms with E-state index < -0.39 is 11.2 Å². The Balaban J connectivity index is 2.01. The van der Waals surface area contributed by atoms with Gasteiger partial charge in [-0.1, -0.05) is 6.92 Å². The molecule has 1 N–H and O–H groups in total. The second-order valence-electron chi connectivity index (χ2n) is 4.94. The fourth-order valence-electron chi connectivity index (χ4n) is 2.71. The number of ether oxygens (including phenoxy) is 1. The fourth-order valence-corrected chi connectivity index (χ4v) is 2.71. The SMILES string of the molecule is CC[C@@H]1CCN2C(=O)c3c(O)c(=O)ccn3C[C@@H]2O1. The number of fused-ring (bicyclic) bond motifs is 2. The molecule has 2 aliphatic rings. The first-order valence-corrected chi connectivity index (χ1v) is 6.50. The molecule has 3 rings (SSSR count). The van der Waals surface area contributed by atoms with Gasteiger partial charge in [0, 0.05) is 18.8 Å². The van der Waals surface area contributed by atoms with E-state index in [2.05, 4.69) is 6.92 Å². The molecule has 0 aromatic carbocycles. The van der Waals surface area contributed by atoms with E-state index in [1.807, 2.05) is 0 Å². The lowest BCUT2D eigenvalue weighted by molar-refractivity contribution is -0.134. The molecule has 1 saturated heterocycles. The molecule has 0 unspecified atom stereocenters. The lowest BCUT2D eigenvalue weighted by Crippen LogP contribution is -2.55. The minimum Gasteiger partial charge on any atom is -0.503 e. The highest BCUT2D eigenvalue weighted by Gasteiger charge is 2.38. The summed E-state index contributed by atoms with van der Waals surface area (Å²) in [6, 6.07) is 1.27. The Hall–Kier alpha value is -1.82. The number of hydrogen-bond acceptors (Lipinski definition) is 4. The molecule has 1 aromatic rings. The first kappa shape index (κ1) is 12.2. The number of amides is 1. The monoisotopic (exact) mass is 264 g/mol. The van der Waals surface area contributed by atoms with Crippen molar-refractivity contribution in [2.45, 2.75) is 38.6 Å². The summed E-state index contributed by atoms with van der Waals surface area (Å²) in [6.07, 6.45) is 3.10. The maximum absolute atomic E-state index is 12.3. The number of pyridine rings is 1. The van der Waals surface area contributed by atoms with Crippen molar-refractivity contribution in [1.29, 1.82) is 0 Å². The Labute approximate surface area is 110 Å². The number of hydrogen-bond donors (Lipinski definition) is 1. The Morgan fingerprint density at radius 1 is 1.47 bits per heavy atom. The second-order valence-corrected chi connectivity index (χ2v) is 4.94. The molecule has 1 aromatic heterocycles. The quantitative estimate of drug-likeness (QED) is 0.803. The van der Waals surface area contributed by atoms with Gasteiger partial charge in [0.05, 0.1) is 12.6 Å². The van der Waals surface area contributed by atoms with Crippen LogP contribution in [0.15, 0.2) is 17.1 Å². The van der Waals surface area contributed by atoms with Gasteiger partial charge in [0.15, 0.2) is 17.7 Å². The average Bonchev–Trinajstić information content (AvgIpc) is 2.42. The Morgan fingerprint density at radius 2 is 2.26 bits per heavy atom. The van der Waals surface area contributed by atoms with E-state index in [-0.39, 0.29) is 23.9 Å². The zero-order chi connectivity index (χ0) is 13.6. The van der Waals surface area contributed by atoms with Crippen molar-refractivity contribution in [1.82, 2.24) is 9.47 Å². The first-order chi connectivity index (χ1) is 9.11. The number of nitrogens with zero attached hydrogens (tertiary/aromatic N) is 2. The smallest absolute Gasteiger partial charge is 0.276 e. The topological polar surface area (TPSA) is 71.8 Å². The van der Waals surface area contributed by atoms with Gasteiger partial charge in [-0.05, 0) is 12.8 Å². The normalized spacial score (nSPS) is 25.9. The lowest BCUT2D eigenvalue weighted by atomic mass is 10.1. The molecule has 0 bridgehead atoms. The summed E-state index contributed by atoms with van der Waals surface area (Å²) in [5.41, 5.74) is -0.454. The van der Waals surface area contributed by atoms with Crippen LogP contribution < -0.4 is 5.43 Å². The molecule has 19 heavy (non-hydrogen) atoms. The number of carbonyl (C=O) groups is 1. The Bertz CT molecular complexity index is 580. The van der Waals surface area contributed by atoms with Crippen LogP contribution >= 0.6 is 0 Å². The molecule has 6 heteroatoms. The van der Waals surface area contributed by atoms with E-state index in [9.17, 15) is 14.7 Å². The number of aromatic hydroxyl groups is 1. The molecule has 0 saturated carbocycles. The van der Waals surface area contributed by atoms with Gasteiger partial charge in [-0.2, -0.15) is 0 Å². The molecule has 6 nitrogen and oxygen atoms in total. The van der Waals surface area contributed by atoms with Gasteiger partial charge >= 0.3 is 0 Å². The van der Waals surface area contributed by atoms with Crippen molar-refractivity contribution in [3.8, 4) is 5.75 Å². The number of carbonyl (C=O) groups excluding carboxylic acids is 1. The van der Waals surface area contributed by atoms with Crippen molar-refractivity contribution in [2.24, 2.45) is 0 Å². The van der Waals surface area contributed by atoms with E-state index in [1.165, 1.54) is 12.3 Å². The molecular formula is C13H16N2O4. The molecule has 0 radical (unpaired) electrons. The van der Waals surface area contributed by atoms with E-state index in [0.29, 0.717) is 13.1 Å². The highest BCUT2D eigenvalue weighted by atomic mass is 16.5. The van der Waals surface area contributed by atoms with Gasteiger partial charge in [-0.25, -0.2) is 0 Å². The highest BCUT2D eigenvalue weighted by Crippen LogP contribution is 2.28. The third-order valence-electron chi connectivity index (χ3n) is 3.81. The molecule has 0 aliphatic carbocycles. The first-order valence-electron chi connectivity index (χ1n) is 6.50. The summed E-state index contributed by atoms with van der Waals surface area (Å²) in [4.78, 5) is 25.4. The van der Waals surface area contributed by atoms with Crippen molar-refractivity contribution in [3.05, 3.63) is 28.2 Å². The minimum atomic E-state index is -0.526. The van der Waals surface area contributed by atoms with Crippen LogP contribution in [-0.2, 0) is 11.3 Å². The van der Waals surface area contributed by atoms with Crippen molar-refractivity contribution in [2.75, 3.05) is 6.54 Å². The average molecular weight is 264 g/mol. The van der Waals surface area contributed by atoms with E-state index in [4.69, 9.17) is 4.74 Å². The predicted octanol–water partition coefficient (Wildman–Crippen LogP) is 0.535. The van der Waals surface area contributed by atoms with Crippen LogP contribution in [0.5, 0.6) is 5.75 Å². The number of aromatic nitrogens is 1. The van der Waals surface area contributed by atoms with E-state index in [1.54, 1.807) is 9.47 Å². The summed E-state index contributed by atoms with van der Waals surface area (Å²) in [6.45, 7) is 3.11. The van der Waals surface area contributed by atoms with Gasteiger partial charge in [0.1, 0.15) is 0 Å². The van der Waals surface area contributed by atoms with Gasteiger partial charge in [-0.15, -0.1) is 0 Å². The van der Waals surface area contributed by atoms with Crippen molar-refractivity contribution in [3.63, 3.8) is 0 Å². The summed E-state index contributed by atoms with van der Waals surface area (Å²) >= 11 is 0. The third-order valence-corrected chi connectivity index (χ3v) is 3.81. The molecule has 0 spiro atoms. The molecule has 3 heterocycles. The molecule has 1 amide bonds. The predicted molar refractivity (Wildman–Crippen MR) is 67.0 cm³/mol. The van der Waals surface area contributed by atoms with Crippen molar-refractivity contribution >= 4 is 5.91 Å². The largest absolute Gasteiger partial charge is 0.503 e. The van der Waals surface area contributed by atoms with Gasteiger partial charge < -0.3 is 19.3 Å². The maximum Gasteiger partial charge on any atom is 0.276 e. The van der Waals surface area contributed by atoms with Crippen LogP contribution in [0.4, 0.5) is 0 Å². The third kappa shape index (κ3) is 1.83. The van der Waals surface area contributed by atoms with Crippen molar-refractivity contribution < 1.29 is 14.6 Å². The summed E-state index contributed by atoms with van der Waals surface area (Å²) < 4.78 is 7.46. The maximum atomic E-state index is 12.3. The van der Waals surface area contributed by atoms with Crippen LogP contribution in [0.3, 0.4) is 0 Å². The van der Waals surface area contributed by atoms with Crippen LogP contribution in [0.1, 0.15) is 30.3 Å². The Kier molecular flexibility index (Phi) is 2.82. The lowest BCUT2D eigenvalue weighted by Gasteiger charge is -2.43. The number of rotatable bonds is 1. The molecular weight excluding hydrogens is 248 g/mol. The minimum absolute atomic E-state index is 0.0716. The van der Waals surface area contributed by atoms with Crippen LogP contribution in [0, 0.1) is 0 Å². The highest BCUT2D eigenvalue weighted by molar-refractivity contribution is 5.95. The summed E-state index contributed by atoms with van der Waals surface area (Å²) in [5.74, 6) is -0.801. The van der Waals surface area contributed by atoms with Crippen LogP contribution in [0.2, 0.25) is 0 Å². The summed E-state index contributed by atoms with van der Waals surface area (Å²) in [7, 11) is 0. The standard InChI is InChI=1S/C13H16N2O4/c1-2-8-3-6-15-10(19-8)7-14-5-4-9(16)12(17)11(14)13(15)18/h4-5,8,10,17H,2-3,6-7H2,1H3/t8-,10+/m1/s1. The zero-order valence-electron chi connectivity index (χ0n) is 10.7. The Morgan fingerprint density at radius 3 is 3.00 bits per heavy atom. The zero-order valence-corrected chi connectivity index (χ0v) is 10.7. The summed E-state index contributed by atoms with van der Waals surface area (Å²) in [5, 5.41) is 9.78. The van der Waals surface area contributed by atoms with Gasteiger partial charge in [-0.3, -0.25) is 9.59 Å². The molecule has 2 atom stereocenters. The second kappa shape index (κ2) is 4.38. The van der Waals surface area contributed by atoms with Crippen LogP contribution in [-0.4, -0.2) is 39.4 Å². The van der Waals surface area contributed by atoms with Crippen LogP contribution in [0.25, 0.3) is 0 Å². The van der Waals surface area contributed by atoms with E-state index in [0.717, 1.165) is 12.8 Å². The fraction of sp³-hybridized carbons (Fsp3) is 0.538. The molecule has 102 valence electrons. The van der Waals surface area contributed by atoms with Gasteiger partial charge in [0.25, 0.3) is 5.91 Å². The molecule has 2 aliphatic heterocycles.